The molecule has 158 valence electrons. The highest BCUT2D eigenvalue weighted by Gasteiger charge is 2.43. The first kappa shape index (κ1) is 21.0. The van der Waals surface area contributed by atoms with Gasteiger partial charge < -0.3 is 4.74 Å². The molecule has 1 fully saturated rings. The monoisotopic (exact) mass is 412 g/mol. The topological polar surface area (TPSA) is 25.4 Å². The second-order valence-corrected chi connectivity index (χ2v) is 10.8. The van der Waals surface area contributed by atoms with Crippen molar-refractivity contribution in [2.45, 2.75) is 71.8 Å². The second-order valence-electron chi connectivity index (χ2n) is 9.57. The summed E-state index contributed by atoms with van der Waals surface area (Å²) in [6.07, 6.45) is 9.66. The summed E-state index contributed by atoms with van der Waals surface area (Å²) in [5, 5.41) is 0. The number of thiophene rings is 1. The largest absolute Gasteiger partial charge is 0.381 e. The van der Waals surface area contributed by atoms with Gasteiger partial charge in [0.05, 0.1) is 6.61 Å². The average molecular weight is 413 g/mol. The van der Waals surface area contributed by atoms with Crippen molar-refractivity contribution in [1.29, 1.82) is 0 Å². The molecule has 0 aromatic carbocycles. The Labute approximate surface area is 180 Å². The zero-order valence-electron chi connectivity index (χ0n) is 18.6. The number of rotatable bonds is 8. The molecule has 1 atom stereocenters. The number of fused-ring (bicyclic) bond motifs is 1. The third-order valence-electron chi connectivity index (χ3n) is 7.16. The number of hydrogen-bond donors (Lipinski definition) is 0. The van der Waals surface area contributed by atoms with Crippen molar-refractivity contribution in [3.63, 3.8) is 0 Å². The molecule has 2 aromatic rings. The lowest BCUT2D eigenvalue weighted by molar-refractivity contribution is 0.0386. The number of ether oxygens (including phenoxy) is 1. The van der Waals surface area contributed by atoms with Gasteiger partial charge >= 0.3 is 0 Å². The van der Waals surface area contributed by atoms with Crippen LogP contribution in [0.1, 0.15) is 66.6 Å². The molecule has 1 aliphatic carbocycles. The van der Waals surface area contributed by atoms with Gasteiger partial charge in [-0.15, -0.1) is 11.3 Å². The highest BCUT2D eigenvalue weighted by atomic mass is 32.1. The lowest BCUT2D eigenvalue weighted by Crippen LogP contribution is -2.42. The molecule has 0 N–H and O–H groups in total. The predicted molar refractivity (Wildman–Crippen MR) is 122 cm³/mol. The van der Waals surface area contributed by atoms with Crippen molar-refractivity contribution in [1.82, 2.24) is 9.88 Å². The summed E-state index contributed by atoms with van der Waals surface area (Å²) in [4.78, 5) is 10.5. The van der Waals surface area contributed by atoms with Gasteiger partial charge in [0, 0.05) is 45.8 Å². The zero-order chi connectivity index (χ0) is 20.5. The number of likely N-dealkylation sites (tertiary alicyclic amines) is 1. The van der Waals surface area contributed by atoms with E-state index in [9.17, 15) is 0 Å². The minimum atomic E-state index is -0.00122. The van der Waals surface area contributed by atoms with Crippen LogP contribution >= 0.6 is 11.3 Å². The van der Waals surface area contributed by atoms with Crippen LogP contribution in [0.2, 0.25) is 0 Å². The van der Waals surface area contributed by atoms with Gasteiger partial charge in [0.15, 0.2) is 0 Å². The first-order chi connectivity index (χ1) is 13.9. The van der Waals surface area contributed by atoms with Gasteiger partial charge in [-0.1, -0.05) is 6.07 Å². The molecule has 4 rings (SSSR count). The molecule has 3 nitrogen and oxygen atoms in total. The van der Waals surface area contributed by atoms with E-state index >= 15 is 0 Å². The van der Waals surface area contributed by atoms with Crippen molar-refractivity contribution in [3.8, 4) is 0 Å². The molecular weight excluding hydrogens is 376 g/mol. The van der Waals surface area contributed by atoms with Gasteiger partial charge in [-0.3, -0.25) is 9.88 Å². The molecule has 0 radical (unpaired) electrons. The highest BCUT2D eigenvalue weighted by molar-refractivity contribution is 7.12. The third kappa shape index (κ3) is 4.45. The Morgan fingerprint density at radius 3 is 2.86 bits per heavy atom. The van der Waals surface area contributed by atoms with Gasteiger partial charge in [0.2, 0.25) is 0 Å². The first-order valence-corrected chi connectivity index (χ1v) is 12.1. The predicted octanol–water partition coefficient (Wildman–Crippen LogP) is 5.54. The Kier molecular flexibility index (Phi) is 6.15. The molecule has 2 aliphatic rings. The Bertz CT molecular complexity index is 804. The molecule has 1 aliphatic heterocycles. The van der Waals surface area contributed by atoms with Crippen LogP contribution in [-0.2, 0) is 29.5 Å². The second kappa shape index (κ2) is 8.49. The molecule has 0 amide bonds. The van der Waals surface area contributed by atoms with Gasteiger partial charge in [-0.05, 0) is 96.0 Å². The van der Waals surface area contributed by atoms with Crippen LogP contribution in [0.5, 0.6) is 0 Å². The molecular formula is C25H36N2OS. The van der Waals surface area contributed by atoms with E-state index in [1.807, 2.05) is 0 Å². The summed E-state index contributed by atoms with van der Waals surface area (Å²) in [6.45, 7) is 12.8. The summed E-state index contributed by atoms with van der Waals surface area (Å²) in [7, 11) is 0. The van der Waals surface area contributed by atoms with E-state index in [1.165, 1.54) is 44.1 Å². The number of aromatic nitrogens is 1. The number of aryl methyl sites for hydroxylation is 4. The lowest BCUT2D eigenvalue weighted by Gasteiger charge is -2.38. The van der Waals surface area contributed by atoms with Crippen molar-refractivity contribution in [3.05, 3.63) is 51.0 Å². The molecule has 4 heteroatoms. The Morgan fingerprint density at radius 2 is 2.14 bits per heavy atom. The van der Waals surface area contributed by atoms with Gasteiger partial charge in [0.1, 0.15) is 0 Å². The van der Waals surface area contributed by atoms with E-state index in [1.54, 1.807) is 15.3 Å². The molecule has 3 heterocycles. The van der Waals surface area contributed by atoms with Crippen LogP contribution in [0.15, 0.2) is 24.4 Å². The summed E-state index contributed by atoms with van der Waals surface area (Å²) >= 11 is 2.07. The third-order valence-corrected chi connectivity index (χ3v) is 8.46. The van der Waals surface area contributed by atoms with E-state index in [4.69, 9.17) is 4.74 Å². The molecule has 1 unspecified atom stereocenters. The minimum absolute atomic E-state index is 0.00122. The maximum atomic E-state index is 6.02. The average Bonchev–Trinajstić information content (AvgIpc) is 3.40. The fourth-order valence-electron chi connectivity index (χ4n) is 5.04. The van der Waals surface area contributed by atoms with Crippen molar-refractivity contribution in [2.75, 3.05) is 26.3 Å². The molecule has 2 aromatic heterocycles. The molecule has 0 saturated carbocycles. The first-order valence-electron chi connectivity index (χ1n) is 11.3. The van der Waals surface area contributed by atoms with Crippen LogP contribution in [0.4, 0.5) is 0 Å². The summed E-state index contributed by atoms with van der Waals surface area (Å²) in [6, 6.07) is 6.88. The Balaban J connectivity index is 1.47. The van der Waals surface area contributed by atoms with Crippen molar-refractivity contribution >= 4 is 11.3 Å². The molecule has 0 spiro atoms. The van der Waals surface area contributed by atoms with Crippen molar-refractivity contribution in [2.24, 2.45) is 5.41 Å². The summed E-state index contributed by atoms with van der Waals surface area (Å²) in [5.74, 6) is 0. The quantitative estimate of drug-likeness (QED) is 0.569. The minimum Gasteiger partial charge on any atom is -0.381 e. The van der Waals surface area contributed by atoms with Gasteiger partial charge in [0.25, 0.3) is 0 Å². The molecule has 29 heavy (non-hydrogen) atoms. The van der Waals surface area contributed by atoms with Crippen LogP contribution in [-0.4, -0.2) is 36.2 Å². The van der Waals surface area contributed by atoms with Crippen LogP contribution < -0.4 is 0 Å². The number of hydrogen-bond acceptors (Lipinski definition) is 4. The Hall–Kier alpha value is -1.23. The summed E-state index contributed by atoms with van der Waals surface area (Å²) < 4.78 is 6.02. The van der Waals surface area contributed by atoms with E-state index in [2.05, 4.69) is 73.3 Å². The SMILES string of the molecule is CCOCC1(CCc2cc3c(s2)CCC3)CCN(C(C)(C)c2ccc(C)nc2)C1. The standard InChI is InChI=1S/C25H36N2OS/c1-5-28-18-25(12-11-22-15-20-7-6-8-23(20)29-22)13-14-27(17-25)24(3,4)21-10-9-19(2)26-16-21/h9-10,15-16H,5-8,11-14,17-18H2,1-4H3. The fraction of sp³-hybridized carbons (Fsp3) is 0.640. The maximum absolute atomic E-state index is 6.02. The molecule has 0 bridgehead atoms. The van der Waals surface area contributed by atoms with Crippen LogP contribution in [0.3, 0.4) is 0 Å². The number of pyridine rings is 1. The lowest BCUT2D eigenvalue weighted by atomic mass is 9.82. The zero-order valence-corrected chi connectivity index (χ0v) is 19.4. The van der Waals surface area contributed by atoms with E-state index in [0.717, 1.165) is 32.0 Å². The van der Waals surface area contributed by atoms with Gasteiger partial charge in [-0.2, -0.15) is 0 Å². The highest BCUT2D eigenvalue weighted by Crippen LogP contribution is 2.42. The van der Waals surface area contributed by atoms with E-state index < -0.39 is 0 Å². The maximum Gasteiger partial charge on any atom is 0.0535 e. The van der Waals surface area contributed by atoms with E-state index in [0.29, 0.717) is 0 Å². The van der Waals surface area contributed by atoms with Crippen LogP contribution in [0.25, 0.3) is 0 Å². The van der Waals surface area contributed by atoms with Crippen molar-refractivity contribution < 1.29 is 4.74 Å². The molecule has 1 saturated heterocycles. The fourth-order valence-corrected chi connectivity index (χ4v) is 6.30. The van der Waals surface area contributed by atoms with Gasteiger partial charge in [-0.25, -0.2) is 0 Å². The smallest absolute Gasteiger partial charge is 0.0535 e. The van der Waals surface area contributed by atoms with E-state index in [-0.39, 0.29) is 11.0 Å². The van der Waals surface area contributed by atoms with Crippen LogP contribution in [0, 0.1) is 12.3 Å². The normalized spacial score (nSPS) is 22.3. The number of nitrogens with zero attached hydrogens (tertiary/aromatic N) is 2. The summed E-state index contributed by atoms with van der Waals surface area (Å²) in [5.41, 5.74) is 4.29. The Morgan fingerprint density at radius 1 is 1.28 bits per heavy atom.